The van der Waals surface area contributed by atoms with Crippen molar-refractivity contribution in [1.29, 1.82) is 0 Å². The minimum Gasteiger partial charge on any atom is -0.491 e. The molecule has 4 aliphatic rings. The predicted molar refractivity (Wildman–Crippen MR) is 119 cm³/mol. The van der Waals surface area contributed by atoms with Gasteiger partial charge in [-0.1, -0.05) is 24.9 Å². The lowest BCUT2D eigenvalue weighted by Crippen LogP contribution is -2.66. The lowest BCUT2D eigenvalue weighted by molar-refractivity contribution is -0.230. The Morgan fingerprint density at radius 3 is 2.71 bits per heavy atom. The minimum atomic E-state index is -0.393. The first-order valence-corrected chi connectivity index (χ1v) is 12.3. The molecule has 4 fully saturated rings. The van der Waals surface area contributed by atoms with E-state index in [2.05, 4.69) is 12.2 Å². The molecule has 1 aromatic rings. The van der Waals surface area contributed by atoms with Crippen LogP contribution >= 0.6 is 11.6 Å². The molecule has 170 valence electrons. The fraction of sp³-hybridized carbons (Fsp3) is 0.720. The number of hydrogen-bond donors (Lipinski definition) is 1. The summed E-state index contributed by atoms with van der Waals surface area (Å²) in [6.45, 7) is 5.18. The van der Waals surface area contributed by atoms with Gasteiger partial charge in [0.1, 0.15) is 11.6 Å². The van der Waals surface area contributed by atoms with E-state index in [1.54, 1.807) is 13.0 Å². The maximum atomic E-state index is 14.9. The van der Waals surface area contributed by atoms with Crippen molar-refractivity contribution in [3.8, 4) is 5.75 Å². The van der Waals surface area contributed by atoms with Gasteiger partial charge < -0.3 is 14.8 Å². The zero-order valence-electron chi connectivity index (χ0n) is 18.5. The van der Waals surface area contributed by atoms with Crippen molar-refractivity contribution in [2.45, 2.75) is 64.8 Å². The zero-order valence-corrected chi connectivity index (χ0v) is 19.2. The van der Waals surface area contributed by atoms with Gasteiger partial charge in [-0.2, -0.15) is 0 Å². The summed E-state index contributed by atoms with van der Waals surface area (Å²) in [5.74, 6) is 2.96. The molecule has 0 spiro atoms. The lowest BCUT2D eigenvalue weighted by atomic mass is 9.35. The average molecular weight is 450 g/mol. The molecule has 31 heavy (non-hydrogen) atoms. The lowest BCUT2D eigenvalue weighted by Gasteiger charge is -2.70. The summed E-state index contributed by atoms with van der Waals surface area (Å²) < 4.78 is 26.1. The SMILES string of the molecule is CCOC(=O)[C@@H]1CCCC1Nc1cc(Cl)c(OCC23C[C@H]4CC(C)C[C@@H](C2)C43)cc1F. The van der Waals surface area contributed by atoms with Crippen LogP contribution in [-0.4, -0.2) is 25.2 Å². The number of anilines is 1. The summed E-state index contributed by atoms with van der Waals surface area (Å²) in [7, 11) is 0. The van der Waals surface area contributed by atoms with Gasteiger partial charge in [0.25, 0.3) is 0 Å². The Balaban J connectivity index is 1.22. The molecule has 1 aromatic carbocycles. The summed E-state index contributed by atoms with van der Waals surface area (Å²) in [6, 6.07) is 2.85. The minimum absolute atomic E-state index is 0.136. The van der Waals surface area contributed by atoms with Crippen LogP contribution in [0.4, 0.5) is 10.1 Å². The van der Waals surface area contributed by atoms with E-state index in [-0.39, 0.29) is 17.9 Å². The smallest absolute Gasteiger partial charge is 0.311 e. The van der Waals surface area contributed by atoms with Crippen LogP contribution in [0, 0.1) is 40.8 Å². The number of halogens is 2. The van der Waals surface area contributed by atoms with Crippen LogP contribution in [0.25, 0.3) is 0 Å². The number of benzene rings is 1. The van der Waals surface area contributed by atoms with E-state index in [4.69, 9.17) is 21.1 Å². The van der Waals surface area contributed by atoms with Crippen LogP contribution in [0.15, 0.2) is 12.1 Å². The van der Waals surface area contributed by atoms with Gasteiger partial charge in [0.05, 0.1) is 29.8 Å². The van der Waals surface area contributed by atoms with Crippen molar-refractivity contribution in [1.82, 2.24) is 0 Å². The monoisotopic (exact) mass is 449 g/mol. The van der Waals surface area contributed by atoms with Gasteiger partial charge in [0.15, 0.2) is 0 Å². The van der Waals surface area contributed by atoms with E-state index in [0.29, 0.717) is 35.1 Å². The molecule has 4 aliphatic carbocycles. The number of hydrogen-bond acceptors (Lipinski definition) is 4. The molecular weight excluding hydrogens is 417 g/mol. The summed E-state index contributed by atoms with van der Waals surface area (Å²) in [6.07, 6.45) is 7.69. The topological polar surface area (TPSA) is 47.6 Å². The third kappa shape index (κ3) is 3.71. The zero-order chi connectivity index (χ0) is 21.8. The molecule has 5 rings (SSSR count). The molecule has 0 radical (unpaired) electrons. The predicted octanol–water partition coefficient (Wildman–Crippen LogP) is 6.07. The number of ether oxygens (including phenoxy) is 2. The highest BCUT2D eigenvalue weighted by molar-refractivity contribution is 6.32. The Hall–Kier alpha value is -1.49. The molecule has 4 unspecified atom stereocenters. The van der Waals surface area contributed by atoms with E-state index < -0.39 is 5.82 Å². The van der Waals surface area contributed by atoms with Crippen molar-refractivity contribution in [3.05, 3.63) is 23.0 Å². The fourth-order valence-corrected chi connectivity index (χ4v) is 7.57. The van der Waals surface area contributed by atoms with Crippen molar-refractivity contribution in [3.63, 3.8) is 0 Å². The second kappa shape index (κ2) is 8.13. The molecule has 0 saturated heterocycles. The Labute approximate surface area is 189 Å². The summed E-state index contributed by atoms with van der Waals surface area (Å²) >= 11 is 6.47. The molecule has 0 bridgehead atoms. The summed E-state index contributed by atoms with van der Waals surface area (Å²) in [4.78, 5) is 12.2. The summed E-state index contributed by atoms with van der Waals surface area (Å²) in [5, 5.41) is 3.61. The number of nitrogens with one attached hydrogen (secondary N) is 1. The number of carbonyl (C=O) groups is 1. The van der Waals surface area contributed by atoms with Gasteiger partial charge >= 0.3 is 5.97 Å². The number of esters is 1. The first-order valence-electron chi connectivity index (χ1n) is 11.9. The van der Waals surface area contributed by atoms with Crippen LogP contribution in [-0.2, 0) is 9.53 Å². The maximum Gasteiger partial charge on any atom is 0.311 e. The summed E-state index contributed by atoms with van der Waals surface area (Å²) in [5.41, 5.74) is 0.619. The fourth-order valence-electron chi connectivity index (χ4n) is 7.36. The second-order valence-corrected chi connectivity index (χ2v) is 10.9. The Bertz CT molecular complexity index is 845. The standard InChI is InChI=1S/C25H33ClFNO3/c1-3-30-24(29)17-5-4-6-20(17)28-21-9-18(26)22(10-19(21)27)31-13-25-11-15-7-14(2)8-16(12-25)23(15)25/h9-10,14-17,20,23,28H,3-8,11-13H2,1-2H3/t14?,15-,16+,17-,20?,23?,25?/m1/s1. The molecule has 0 amide bonds. The molecule has 0 aromatic heterocycles. The highest BCUT2D eigenvalue weighted by Crippen LogP contribution is 2.72. The van der Waals surface area contributed by atoms with Gasteiger partial charge in [0.2, 0.25) is 0 Å². The van der Waals surface area contributed by atoms with Crippen molar-refractivity contribution in [2.24, 2.45) is 35.0 Å². The average Bonchev–Trinajstić information content (AvgIpc) is 3.15. The van der Waals surface area contributed by atoms with E-state index in [1.165, 1.54) is 31.7 Å². The van der Waals surface area contributed by atoms with Crippen LogP contribution < -0.4 is 10.1 Å². The quantitative estimate of drug-likeness (QED) is 0.513. The van der Waals surface area contributed by atoms with E-state index >= 15 is 0 Å². The highest BCUT2D eigenvalue weighted by atomic mass is 35.5. The van der Waals surface area contributed by atoms with Gasteiger partial charge in [-0.3, -0.25) is 4.79 Å². The first kappa shape index (κ1) is 21.4. The molecule has 0 aliphatic heterocycles. The van der Waals surface area contributed by atoms with Gasteiger partial charge in [-0.15, -0.1) is 0 Å². The molecule has 1 N–H and O–H groups in total. The van der Waals surface area contributed by atoms with Crippen LogP contribution in [0.3, 0.4) is 0 Å². The van der Waals surface area contributed by atoms with E-state index in [0.717, 1.165) is 42.9 Å². The molecule has 0 heterocycles. The number of rotatable bonds is 7. The molecule has 7 atom stereocenters. The second-order valence-electron chi connectivity index (χ2n) is 10.5. The van der Waals surface area contributed by atoms with Crippen molar-refractivity contribution < 1.29 is 18.7 Å². The van der Waals surface area contributed by atoms with Gasteiger partial charge in [0, 0.05) is 17.5 Å². The molecule has 4 nitrogen and oxygen atoms in total. The number of carbonyl (C=O) groups excluding carboxylic acids is 1. The maximum absolute atomic E-state index is 14.9. The van der Waals surface area contributed by atoms with Crippen molar-refractivity contribution in [2.75, 3.05) is 18.5 Å². The molecule has 6 heteroatoms. The van der Waals surface area contributed by atoms with E-state index in [1.807, 2.05) is 0 Å². The third-order valence-corrected chi connectivity index (χ3v) is 8.75. The largest absolute Gasteiger partial charge is 0.491 e. The van der Waals surface area contributed by atoms with Crippen molar-refractivity contribution >= 4 is 23.3 Å². The Kier molecular flexibility index (Phi) is 5.60. The van der Waals surface area contributed by atoms with Crippen LogP contribution in [0.2, 0.25) is 5.02 Å². The Morgan fingerprint density at radius 1 is 1.26 bits per heavy atom. The van der Waals surface area contributed by atoms with Crippen LogP contribution in [0.1, 0.15) is 58.8 Å². The first-order chi connectivity index (χ1) is 14.9. The molecule has 4 saturated carbocycles. The Morgan fingerprint density at radius 2 is 2.00 bits per heavy atom. The molecular formula is C25H33ClFNO3. The normalized spacial score (nSPS) is 37.9. The van der Waals surface area contributed by atoms with Gasteiger partial charge in [-0.25, -0.2) is 4.39 Å². The van der Waals surface area contributed by atoms with Crippen LogP contribution in [0.5, 0.6) is 5.75 Å². The highest BCUT2D eigenvalue weighted by Gasteiger charge is 2.66. The van der Waals surface area contributed by atoms with Gasteiger partial charge in [-0.05, 0) is 75.2 Å². The third-order valence-electron chi connectivity index (χ3n) is 8.45. The van der Waals surface area contributed by atoms with E-state index in [9.17, 15) is 9.18 Å².